The maximum absolute atomic E-state index is 12.7. The van der Waals surface area contributed by atoms with Crippen molar-refractivity contribution in [3.63, 3.8) is 0 Å². The Morgan fingerprint density at radius 2 is 2.04 bits per heavy atom. The molecule has 0 bridgehead atoms. The molecule has 136 valence electrons. The maximum Gasteiger partial charge on any atom is 0.229 e. The Bertz CT molecular complexity index is 1240. The number of hydrogen-bond acceptors (Lipinski definition) is 6. The zero-order valence-corrected chi connectivity index (χ0v) is 15.8. The molecule has 0 aliphatic rings. The van der Waals surface area contributed by atoms with Crippen molar-refractivity contribution in [1.82, 2.24) is 14.6 Å². The molecule has 4 rings (SSSR count). The molecule has 3 heterocycles. The first-order chi connectivity index (χ1) is 12.9. The quantitative estimate of drug-likeness (QED) is 0.522. The van der Waals surface area contributed by atoms with Gasteiger partial charge in [0.2, 0.25) is 15.8 Å². The van der Waals surface area contributed by atoms with Gasteiger partial charge in [-0.3, -0.25) is 9.52 Å². The molecule has 1 aromatic carbocycles. The molecule has 9 heteroatoms. The van der Waals surface area contributed by atoms with Crippen LogP contribution in [0.15, 0.2) is 60.2 Å². The molecule has 7 nitrogen and oxygen atoms in total. The van der Waals surface area contributed by atoms with E-state index < -0.39 is 10.0 Å². The standard InChI is InChI=1S/C18H14N4O3S2/c1-27(24,25)21-13-5-2-4-12(10-13)15-7-8-19-18-14(11-20-22(15)18)17(23)16-6-3-9-26-16/h2-11,21H,1H3. The molecule has 4 aromatic rings. The lowest BCUT2D eigenvalue weighted by molar-refractivity contribution is 0.104. The topological polar surface area (TPSA) is 93.4 Å². The van der Waals surface area contributed by atoms with Crippen molar-refractivity contribution in [1.29, 1.82) is 0 Å². The predicted octanol–water partition coefficient (Wildman–Crippen LogP) is 3.06. The van der Waals surface area contributed by atoms with Crippen LogP contribution in [0.4, 0.5) is 5.69 Å². The van der Waals surface area contributed by atoms with Crippen LogP contribution in [0.1, 0.15) is 15.2 Å². The summed E-state index contributed by atoms with van der Waals surface area (Å²) < 4.78 is 27.0. The Morgan fingerprint density at radius 3 is 2.78 bits per heavy atom. The summed E-state index contributed by atoms with van der Waals surface area (Å²) in [6.45, 7) is 0. The van der Waals surface area contributed by atoms with Gasteiger partial charge in [-0.2, -0.15) is 5.10 Å². The number of nitrogens with one attached hydrogen (secondary N) is 1. The molecule has 0 unspecified atom stereocenters. The van der Waals surface area contributed by atoms with Gasteiger partial charge in [0.1, 0.15) is 0 Å². The second kappa shape index (κ2) is 6.60. The Hall–Kier alpha value is -3.04. The van der Waals surface area contributed by atoms with Crippen LogP contribution in [0, 0.1) is 0 Å². The van der Waals surface area contributed by atoms with Gasteiger partial charge in [-0.25, -0.2) is 17.9 Å². The van der Waals surface area contributed by atoms with Crippen LogP contribution in [-0.4, -0.2) is 35.1 Å². The Morgan fingerprint density at radius 1 is 1.19 bits per heavy atom. The van der Waals surface area contributed by atoms with Gasteiger partial charge >= 0.3 is 0 Å². The average molecular weight is 398 g/mol. The summed E-state index contributed by atoms with van der Waals surface area (Å²) in [5, 5.41) is 6.17. The van der Waals surface area contributed by atoms with Gasteiger partial charge in [0.25, 0.3) is 0 Å². The van der Waals surface area contributed by atoms with Crippen LogP contribution >= 0.6 is 11.3 Å². The SMILES string of the molecule is CS(=O)(=O)Nc1cccc(-c2ccnc3c(C(=O)c4cccs4)cnn23)c1. The van der Waals surface area contributed by atoms with E-state index in [0.717, 1.165) is 11.8 Å². The maximum atomic E-state index is 12.7. The zero-order chi connectivity index (χ0) is 19.0. The summed E-state index contributed by atoms with van der Waals surface area (Å²) in [5.74, 6) is -0.128. The van der Waals surface area contributed by atoms with Crippen molar-refractivity contribution in [2.24, 2.45) is 0 Å². The van der Waals surface area contributed by atoms with E-state index in [2.05, 4.69) is 14.8 Å². The number of carbonyl (C=O) groups is 1. The second-order valence-electron chi connectivity index (χ2n) is 5.89. The fourth-order valence-electron chi connectivity index (χ4n) is 2.77. The van der Waals surface area contributed by atoms with Gasteiger partial charge < -0.3 is 0 Å². The van der Waals surface area contributed by atoms with Gasteiger partial charge in [0.05, 0.1) is 28.6 Å². The van der Waals surface area contributed by atoms with E-state index in [1.807, 2.05) is 17.5 Å². The fraction of sp³-hybridized carbons (Fsp3) is 0.0556. The molecule has 0 saturated carbocycles. The number of carbonyl (C=O) groups excluding carboxylic acids is 1. The van der Waals surface area contributed by atoms with E-state index in [1.165, 1.54) is 17.5 Å². The highest BCUT2D eigenvalue weighted by Gasteiger charge is 2.18. The molecule has 0 aliphatic carbocycles. The lowest BCUT2D eigenvalue weighted by Gasteiger charge is -2.08. The number of hydrogen-bond donors (Lipinski definition) is 1. The number of sulfonamides is 1. The molecule has 0 fully saturated rings. The molecule has 1 N–H and O–H groups in total. The van der Waals surface area contributed by atoms with Gasteiger partial charge in [-0.1, -0.05) is 18.2 Å². The van der Waals surface area contributed by atoms with E-state index in [4.69, 9.17) is 0 Å². The number of thiophene rings is 1. The van der Waals surface area contributed by atoms with Crippen molar-refractivity contribution in [2.75, 3.05) is 11.0 Å². The first-order valence-corrected chi connectivity index (χ1v) is 10.7. The number of ketones is 1. The third-order valence-electron chi connectivity index (χ3n) is 3.85. The highest BCUT2D eigenvalue weighted by molar-refractivity contribution is 7.92. The Kier molecular flexibility index (Phi) is 4.25. The molecule has 27 heavy (non-hydrogen) atoms. The summed E-state index contributed by atoms with van der Waals surface area (Å²) in [4.78, 5) is 17.6. The molecule has 0 aliphatic heterocycles. The minimum Gasteiger partial charge on any atom is -0.287 e. The smallest absolute Gasteiger partial charge is 0.229 e. The first-order valence-electron chi connectivity index (χ1n) is 7.91. The van der Waals surface area contributed by atoms with E-state index in [9.17, 15) is 13.2 Å². The third-order valence-corrected chi connectivity index (χ3v) is 5.33. The number of aromatic nitrogens is 3. The van der Waals surface area contributed by atoms with Gasteiger partial charge in [0.15, 0.2) is 5.65 Å². The largest absolute Gasteiger partial charge is 0.287 e. The molecule has 0 atom stereocenters. The highest BCUT2D eigenvalue weighted by Crippen LogP contribution is 2.25. The Balaban J connectivity index is 1.80. The average Bonchev–Trinajstić information content (AvgIpc) is 3.29. The van der Waals surface area contributed by atoms with Crippen molar-refractivity contribution in [3.05, 3.63) is 70.7 Å². The zero-order valence-electron chi connectivity index (χ0n) is 14.2. The van der Waals surface area contributed by atoms with Gasteiger partial charge in [0, 0.05) is 17.4 Å². The lowest BCUT2D eigenvalue weighted by atomic mass is 10.1. The molecule has 0 saturated heterocycles. The molecule has 3 aromatic heterocycles. The first kappa shape index (κ1) is 17.4. The normalized spacial score (nSPS) is 11.6. The van der Waals surface area contributed by atoms with Crippen molar-refractivity contribution >= 4 is 38.5 Å². The fourth-order valence-corrected chi connectivity index (χ4v) is 4.00. The van der Waals surface area contributed by atoms with Crippen LogP contribution in [0.25, 0.3) is 16.9 Å². The van der Waals surface area contributed by atoms with Crippen LogP contribution in [-0.2, 0) is 10.0 Å². The molecular weight excluding hydrogens is 384 g/mol. The van der Waals surface area contributed by atoms with Crippen LogP contribution in [0.2, 0.25) is 0 Å². The summed E-state index contributed by atoms with van der Waals surface area (Å²) in [7, 11) is -3.38. The van der Waals surface area contributed by atoms with E-state index >= 15 is 0 Å². The number of anilines is 1. The number of rotatable bonds is 5. The lowest BCUT2D eigenvalue weighted by Crippen LogP contribution is -2.09. The van der Waals surface area contributed by atoms with E-state index in [1.54, 1.807) is 41.0 Å². The third kappa shape index (κ3) is 3.46. The monoisotopic (exact) mass is 398 g/mol. The number of benzene rings is 1. The Labute approximate surface area is 159 Å². The summed E-state index contributed by atoms with van der Waals surface area (Å²) in [6.07, 6.45) is 4.21. The van der Waals surface area contributed by atoms with Crippen LogP contribution < -0.4 is 4.72 Å². The second-order valence-corrected chi connectivity index (χ2v) is 8.58. The molecule has 0 amide bonds. The number of fused-ring (bicyclic) bond motifs is 1. The molecule has 0 radical (unpaired) electrons. The minimum absolute atomic E-state index is 0.128. The van der Waals surface area contributed by atoms with Crippen LogP contribution in [0.5, 0.6) is 0 Å². The summed E-state index contributed by atoms with van der Waals surface area (Å²) in [6, 6.07) is 12.3. The van der Waals surface area contributed by atoms with E-state index in [0.29, 0.717) is 27.5 Å². The summed E-state index contributed by atoms with van der Waals surface area (Å²) in [5.41, 5.74) is 2.76. The van der Waals surface area contributed by atoms with Crippen molar-refractivity contribution in [3.8, 4) is 11.3 Å². The van der Waals surface area contributed by atoms with Crippen LogP contribution in [0.3, 0.4) is 0 Å². The molecule has 0 spiro atoms. The van der Waals surface area contributed by atoms with Gasteiger partial charge in [-0.05, 0) is 29.6 Å². The predicted molar refractivity (Wildman–Crippen MR) is 105 cm³/mol. The summed E-state index contributed by atoms with van der Waals surface area (Å²) >= 11 is 1.37. The highest BCUT2D eigenvalue weighted by atomic mass is 32.2. The van der Waals surface area contributed by atoms with Crippen molar-refractivity contribution < 1.29 is 13.2 Å². The van der Waals surface area contributed by atoms with E-state index in [-0.39, 0.29) is 5.78 Å². The van der Waals surface area contributed by atoms with Gasteiger partial charge in [-0.15, -0.1) is 11.3 Å². The minimum atomic E-state index is -3.38. The molecular formula is C18H14N4O3S2. The van der Waals surface area contributed by atoms with Crippen molar-refractivity contribution in [2.45, 2.75) is 0 Å². The number of nitrogens with zero attached hydrogens (tertiary/aromatic N) is 3.